The van der Waals surface area contributed by atoms with Crippen LogP contribution in [0.15, 0.2) is 11.6 Å². The second-order valence-corrected chi connectivity index (χ2v) is 4.25. The van der Waals surface area contributed by atoms with E-state index in [9.17, 15) is 9.59 Å². The fourth-order valence-electron chi connectivity index (χ4n) is 2.17. The van der Waals surface area contributed by atoms with E-state index in [4.69, 9.17) is 10.00 Å². The van der Waals surface area contributed by atoms with Crippen molar-refractivity contribution in [3.8, 4) is 6.07 Å². The Morgan fingerprint density at radius 3 is 2.94 bits per heavy atom. The van der Waals surface area contributed by atoms with E-state index in [0.29, 0.717) is 12.0 Å². The molecule has 0 amide bonds. The first-order valence-corrected chi connectivity index (χ1v) is 4.93. The van der Waals surface area contributed by atoms with Crippen LogP contribution in [0, 0.1) is 22.7 Å². The summed E-state index contributed by atoms with van der Waals surface area (Å²) in [7, 11) is 1.27. The number of rotatable bonds is 1. The quantitative estimate of drug-likeness (QED) is 0.605. The average molecular weight is 221 g/mol. The molecule has 0 radical (unpaired) electrons. The molecule has 0 aromatic carbocycles. The van der Waals surface area contributed by atoms with Gasteiger partial charge in [0.2, 0.25) is 0 Å². The summed E-state index contributed by atoms with van der Waals surface area (Å²) in [5.41, 5.74) is -0.433. The van der Waals surface area contributed by atoms with E-state index in [-0.39, 0.29) is 0 Å². The van der Waals surface area contributed by atoms with Crippen LogP contribution >= 0.6 is 0 Å². The Kier molecular flexibility index (Phi) is 2.23. The van der Waals surface area contributed by atoms with Crippen molar-refractivity contribution in [2.45, 2.75) is 19.4 Å². The number of nitrogens with zero attached hydrogens (tertiary/aromatic N) is 1. The molecule has 1 saturated heterocycles. The number of fused-ring (bicyclic) bond motifs is 2. The first-order valence-electron chi connectivity index (χ1n) is 4.93. The van der Waals surface area contributed by atoms with Gasteiger partial charge in [-0.15, -0.1) is 0 Å². The number of carbonyl (C=O) groups excluding carboxylic acids is 2. The smallest absolute Gasteiger partial charge is 0.337 e. The summed E-state index contributed by atoms with van der Waals surface area (Å²) >= 11 is 0. The van der Waals surface area contributed by atoms with Crippen molar-refractivity contribution in [2.75, 3.05) is 7.11 Å². The highest BCUT2D eigenvalue weighted by Crippen LogP contribution is 2.45. The number of nitriles is 1. The lowest BCUT2D eigenvalue weighted by atomic mass is 9.66. The molecule has 0 aromatic heterocycles. The van der Waals surface area contributed by atoms with Crippen LogP contribution in [0.5, 0.6) is 0 Å². The predicted molar refractivity (Wildman–Crippen MR) is 51.8 cm³/mol. The lowest BCUT2D eigenvalue weighted by molar-refractivity contribution is -0.166. The zero-order valence-electron chi connectivity index (χ0n) is 9.02. The summed E-state index contributed by atoms with van der Waals surface area (Å²) in [6.45, 7) is 1.70. The number of hydrogen-bond donors (Lipinski definition) is 0. The van der Waals surface area contributed by atoms with E-state index >= 15 is 0 Å². The van der Waals surface area contributed by atoms with Gasteiger partial charge in [0, 0.05) is 6.42 Å². The Morgan fingerprint density at radius 1 is 1.75 bits per heavy atom. The van der Waals surface area contributed by atoms with Gasteiger partial charge in [0.15, 0.2) is 0 Å². The maximum absolute atomic E-state index is 11.5. The molecule has 1 aliphatic carbocycles. The van der Waals surface area contributed by atoms with Gasteiger partial charge in [-0.05, 0) is 6.92 Å². The van der Waals surface area contributed by atoms with Gasteiger partial charge in [-0.25, -0.2) is 4.79 Å². The van der Waals surface area contributed by atoms with Gasteiger partial charge in [0.1, 0.15) is 6.10 Å². The maximum Gasteiger partial charge on any atom is 0.337 e. The van der Waals surface area contributed by atoms with Crippen LogP contribution in [0.2, 0.25) is 0 Å². The standard InChI is InChI=1S/C11H11NO4/c1-11(5-12)4-8-6(9(13)15-2)3-7(11)10(14)16-8/h3,7-8H,4H2,1-2H3/t7-,8+,11?/m1/s1. The van der Waals surface area contributed by atoms with E-state index < -0.39 is 29.4 Å². The third kappa shape index (κ3) is 1.30. The molecular weight excluding hydrogens is 210 g/mol. The molecule has 1 fully saturated rings. The van der Waals surface area contributed by atoms with Gasteiger partial charge in [-0.1, -0.05) is 6.08 Å². The lowest BCUT2D eigenvalue weighted by Crippen LogP contribution is -2.49. The zero-order chi connectivity index (χ0) is 11.9. The van der Waals surface area contributed by atoms with E-state index in [1.165, 1.54) is 13.2 Å². The fraction of sp³-hybridized carbons (Fsp3) is 0.545. The molecule has 0 saturated carbocycles. The highest BCUT2D eigenvalue weighted by Gasteiger charge is 2.53. The van der Waals surface area contributed by atoms with Crippen LogP contribution in [-0.2, 0) is 19.1 Å². The lowest BCUT2D eigenvalue weighted by Gasteiger charge is -2.42. The van der Waals surface area contributed by atoms with Crippen LogP contribution in [0.4, 0.5) is 0 Å². The molecule has 2 bridgehead atoms. The molecule has 5 nitrogen and oxygen atoms in total. The van der Waals surface area contributed by atoms with Crippen LogP contribution in [0.25, 0.3) is 0 Å². The minimum atomic E-state index is -0.780. The minimum Gasteiger partial charge on any atom is -0.466 e. The number of carbonyl (C=O) groups is 2. The molecule has 5 heteroatoms. The molecule has 16 heavy (non-hydrogen) atoms. The van der Waals surface area contributed by atoms with Crippen molar-refractivity contribution in [3.05, 3.63) is 11.6 Å². The Morgan fingerprint density at radius 2 is 2.44 bits per heavy atom. The van der Waals surface area contributed by atoms with E-state index in [2.05, 4.69) is 10.8 Å². The Balaban J connectivity index is 2.42. The Bertz CT molecular complexity index is 434. The topological polar surface area (TPSA) is 76.4 Å². The molecule has 3 atom stereocenters. The molecule has 3 rings (SSSR count). The third-order valence-electron chi connectivity index (χ3n) is 3.18. The van der Waals surface area contributed by atoms with Gasteiger partial charge >= 0.3 is 11.9 Å². The maximum atomic E-state index is 11.5. The second kappa shape index (κ2) is 3.34. The molecule has 2 heterocycles. The van der Waals surface area contributed by atoms with E-state index in [0.717, 1.165) is 0 Å². The van der Waals surface area contributed by atoms with Gasteiger partial charge in [-0.3, -0.25) is 4.79 Å². The molecule has 3 aliphatic rings. The van der Waals surface area contributed by atoms with Crippen LogP contribution in [0.3, 0.4) is 0 Å². The van der Waals surface area contributed by atoms with Crippen molar-refractivity contribution in [1.29, 1.82) is 5.26 Å². The van der Waals surface area contributed by atoms with Crippen LogP contribution < -0.4 is 0 Å². The highest BCUT2D eigenvalue weighted by atomic mass is 16.6. The van der Waals surface area contributed by atoms with Crippen LogP contribution in [-0.4, -0.2) is 25.2 Å². The zero-order valence-corrected chi connectivity index (χ0v) is 9.02. The molecule has 1 unspecified atom stereocenters. The van der Waals surface area contributed by atoms with Gasteiger partial charge in [0.05, 0.1) is 30.1 Å². The molecule has 2 aliphatic heterocycles. The van der Waals surface area contributed by atoms with E-state index in [1.54, 1.807) is 6.92 Å². The van der Waals surface area contributed by atoms with Gasteiger partial charge in [-0.2, -0.15) is 5.26 Å². The first kappa shape index (κ1) is 10.7. The van der Waals surface area contributed by atoms with Crippen molar-refractivity contribution < 1.29 is 19.1 Å². The van der Waals surface area contributed by atoms with Crippen molar-refractivity contribution in [3.63, 3.8) is 0 Å². The number of esters is 2. The summed E-state index contributed by atoms with van der Waals surface area (Å²) in [5, 5.41) is 9.07. The van der Waals surface area contributed by atoms with Gasteiger partial charge < -0.3 is 9.47 Å². The predicted octanol–water partition coefficient (Wildman–Crippen LogP) is 0.561. The second-order valence-electron chi connectivity index (χ2n) is 4.25. The number of ether oxygens (including phenoxy) is 2. The third-order valence-corrected chi connectivity index (χ3v) is 3.18. The molecule has 0 aromatic rings. The van der Waals surface area contributed by atoms with Crippen molar-refractivity contribution in [1.82, 2.24) is 0 Å². The largest absolute Gasteiger partial charge is 0.466 e. The van der Waals surface area contributed by atoms with Crippen molar-refractivity contribution in [2.24, 2.45) is 11.3 Å². The molecule has 84 valence electrons. The summed E-state index contributed by atoms with van der Waals surface area (Å²) in [5.74, 6) is -1.60. The average Bonchev–Trinajstić information content (AvgIpc) is 2.28. The number of methoxy groups -OCH3 is 1. The molecule has 0 N–H and O–H groups in total. The summed E-state index contributed by atoms with van der Waals surface area (Å²) < 4.78 is 9.66. The summed E-state index contributed by atoms with van der Waals surface area (Å²) in [4.78, 5) is 22.9. The minimum absolute atomic E-state index is 0.347. The first-order chi connectivity index (χ1) is 7.51. The normalized spacial score (nSPS) is 36.1. The summed E-state index contributed by atoms with van der Waals surface area (Å²) in [6.07, 6.45) is 1.21. The Labute approximate surface area is 92.6 Å². The van der Waals surface area contributed by atoms with Gasteiger partial charge in [0.25, 0.3) is 0 Å². The summed E-state index contributed by atoms with van der Waals surface area (Å²) in [6, 6.07) is 2.12. The fourth-order valence-corrected chi connectivity index (χ4v) is 2.17. The molecular formula is C11H11NO4. The SMILES string of the molecule is COC(=O)C1=C[C@@H]2C(=O)O[C@H]1CC2(C)C#N. The van der Waals surface area contributed by atoms with E-state index in [1.807, 2.05) is 0 Å². The Hall–Kier alpha value is -1.83. The highest BCUT2D eigenvalue weighted by molar-refractivity contribution is 5.94. The van der Waals surface area contributed by atoms with Crippen LogP contribution in [0.1, 0.15) is 13.3 Å². The molecule has 0 spiro atoms. The monoisotopic (exact) mass is 221 g/mol. The van der Waals surface area contributed by atoms with Crippen molar-refractivity contribution >= 4 is 11.9 Å². The number of hydrogen-bond acceptors (Lipinski definition) is 5.